The molecule has 3 rings (SSSR count). The number of carbonyl (C=O) groups is 1. The Bertz CT molecular complexity index is 525. The van der Waals surface area contributed by atoms with Gasteiger partial charge in [0.15, 0.2) is 0 Å². The van der Waals surface area contributed by atoms with Crippen LogP contribution in [-0.4, -0.2) is 41.1 Å². The molecule has 0 aromatic heterocycles. The summed E-state index contributed by atoms with van der Waals surface area (Å²) in [5, 5.41) is 13.4. The van der Waals surface area contributed by atoms with Gasteiger partial charge >= 0.3 is 0 Å². The number of amides is 1. The van der Waals surface area contributed by atoms with Crippen LogP contribution in [0.3, 0.4) is 0 Å². The number of carbonyl (C=O) groups excluding carboxylic acids is 1. The minimum absolute atomic E-state index is 0.0826. The monoisotopic (exact) mass is 274 g/mol. The van der Waals surface area contributed by atoms with Crippen LogP contribution in [0.2, 0.25) is 0 Å². The lowest BCUT2D eigenvalue weighted by Gasteiger charge is -2.22. The van der Waals surface area contributed by atoms with Crippen molar-refractivity contribution in [1.29, 1.82) is 0 Å². The number of fused-ring (bicyclic) bond motifs is 1. The standard InChI is InChI=1S/C16H22N2O2/c1-16(20)6-2-9-18(10-7-16)15(19)13-4-3-12-5-8-17-14(12)11-13/h3-4,11,17,20H,2,5-10H2,1H3. The van der Waals surface area contributed by atoms with Crippen LogP contribution in [0.1, 0.15) is 42.1 Å². The summed E-state index contributed by atoms with van der Waals surface area (Å²) in [7, 11) is 0. The van der Waals surface area contributed by atoms with Crippen LogP contribution in [0, 0.1) is 0 Å². The fourth-order valence-corrected chi connectivity index (χ4v) is 3.07. The van der Waals surface area contributed by atoms with Crippen LogP contribution >= 0.6 is 0 Å². The Hall–Kier alpha value is -1.55. The van der Waals surface area contributed by atoms with Crippen molar-refractivity contribution in [3.63, 3.8) is 0 Å². The van der Waals surface area contributed by atoms with Crippen molar-refractivity contribution in [2.75, 3.05) is 25.0 Å². The van der Waals surface area contributed by atoms with Gasteiger partial charge < -0.3 is 15.3 Å². The van der Waals surface area contributed by atoms with Gasteiger partial charge in [-0.25, -0.2) is 0 Å². The summed E-state index contributed by atoms with van der Waals surface area (Å²) < 4.78 is 0. The first kappa shape index (κ1) is 13.4. The molecule has 0 spiro atoms. The summed E-state index contributed by atoms with van der Waals surface area (Å²) in [6.07, 6.45) is 3.32. The molecule has 2 N–H and O–H groups in total. The topological polar surface area (TPSA) is 52.6 Å². The van der Waals surface area contributed by atoms with Crippen LogP contribution in [0.5, 0.6) is 0 Å². The maximum atomic E-state index is 12.6. The van der Waals surface area contributed by atoms with Gasteiger partial charge in [0.25, 0.3) is 5.91 Å². The lowest BCUT2D eigenvalue weighted by molar-refractivity contribution is 0.0438. The highest BCUT2D eigenvalue weighted by atomic mass is 16.3. The average molecular weight is 274 g/mol. The zero-order valence-corrected chi connectivity index (χ0v) is 12.0. The molecule has 2 aliphatic rings. The van der Waals surface area contributed by atoms with Crippen LogP contribution in [0.15, 0.2) is 18.2 Å². The highest BCUT2D eigenvalue weighted by Gasteiger charge is 2.27. The molecule has 1 aromatic carbocycles. The number of likely N-dealkylation sites (tertiary alicyclic amines) is 1. The van der Waals surface area contributed by atoms with Gasteiger partial charge in [-0.15, -0.1) is 0 Å². The van der Waals surface area contributed by atoms with E-state index < -0.39 is 5.60 Å². The van der Waals surface area contributed by atoms with Crippen LogP contribution < -0.4 is 5.32 Å². The predicted molar refractivity (Wildman–Crippen MR) is 79.0 cm³/mol. The fourth-order valence-electron chi connectivity index (χ4n) is 3.07. The molecule has 1 saturated heterocycles. The third kappa shape index (κ3) is 2.66. The molecule has 4 nitrogen and oxygen atoms in total. The van der Waals surface area contributed by atoms with Gasteiger partial charge in [-0.2, -0.15) is 0 Å². The maximum Gasteiger partial charge on any atom is 0.253 e. The second kappa shape index (κ2) is 5.09. The van der Waals surface area contributed by atoms with Gasteiger partial charge in [0.2, 0.25) is 0 Å². The average Bonchev–Trinajstić information content (AvgIpc) is 2.81. The van der Waals surface area contributed by atoms with Crippen molar-refractivity contribution in [3.8, 4) is 0 Å². The van der Waals surface area contributed by atoms with Gasteiger partial charge in [0.1, 0.15) is 0 Å². The third-order valence-corrected chi connectivity index (χ3v) is 4.42. The Morgan fingerprint density at radius 2 is 2.20 bits per heavy atom. The largest absolute Gasteiger partial charge is 0.390 e. The molecule has 20 heavy (non-hydrogen) atoms. The molecule has 2 heterocycles. The Morgan fingerprint density at radius 1 is 1.35 bits per heavy atom. The summed E-state index contributed by atoms with van der Waals surface area (Å²) in [4.78, 5) is 14.5. The number of nitrogens with one attached hydrogen (secondary N) is 1. The molecule has 2 aliphatic heterocycles. The second-order valence-electron chi connectivity index (χ2n) is 6.19. The van der Waals surface area contributed by atoms with Gasteiger partial charge in [0, 0.05) is 30.9 Å². The van der Waals surface area contributed by atoms with Gasteiger partial charge in [0.05, 0.1) is 5.60 Å². The van der Waals surface area contributed by atoms with E-state index in [9.17, 15) is 9.90 Å². The highest BCUT2D eigenvalue weighted by Crippen LogP contribution is 2.26. The van der Waals surface area contributed by atoms with E-state index in [-0.39, 0.29) is 5.91 Å². The lowest BCUT2D eigenvalue weighted by Crippen LogP contribution is -2.33. The SMILES string of the molecule is CC1(O)CCCN(C(=O)c2ccc3c(c2)NCC3)CC1. The van der Waals surface area contributed by atoms with Gasteiger partial charge in [-0.3, -0.25) is 4.79 Å². The van der Waals surface area contributed by atoms with E-state index >= 15 is 0 Å². The van der Waals surface area contributed by atoms with Crippen LogP contribution in [0.4, 0.5) is 5.69 Å². The third-order valence-electron chi connectivity index (χ3n) is 4.42. The Labute approximate surface area is 119 Å². The smallest absolute Gasteiger partial charge is 0.253 e. The van der Waals surface area contributed by atoms with Crippen molar-refractivity contribution < 1.29 is 9.90 Å². The molecule has 0 aliphatic carbocycles. The van der Waals surface area contributed by atoms with Crippen LogP contribution in [-0.2, 0) is 6.42 Å². The molecule has 108 valence electrons. The molecule has 1 atom stereocenters. The Morgan fingerprint density at radius 3 is 3.05 bits per heavy atom. The first-order valence-corrected chi connectivity index (χ1v) is 7.44. The van der Waals surface area contributed by atoms with E-state index in [1.54, 1.807) is 0 Å². The fraction of sp³-hybridized carbons (Fsp3) is 0.562. The molecule has 0 saturated carbocycles. The van der Waals surface area contributed by atoms with E-state index in [0.29, 0.717) is 13.0 Å². The van der Waals surface area contributed by atoms with E-state index in [4.69, 9.17) is 0 Å². The van der Waals surface area contributed by atoms with Gasteiger partial charge in [-0.05, 0) is 50.3 Å². The van der Waals surface area contributed by atoms with E-state index in [2.05, 4.69) is 11.4 Å². The second-order valence-corrected chi connectivity index (χ2v) is 6.19. The molecule has 1 aromatic rings. The number of hydrogen-bond donors (Lipinski definition) is 2. The van der Waals surface area contributed by atoms with Crippen molar-refractivity contribution >= 4 is 11.6 Å². The molecule has 1 amide bonds. The first-order chi connectivity index (χ1) is 9.55. The predicted octanol–water partition coefficient (Wildman–Crippen LogP) is 2.03. The maximum absolute atomic E-state index is 12.6. The molecule has 0 radical (unpaired) electrons. The summed E-state index contributed by atoms with van der Waals surface area (Å²) in [5.74, 6) is 0.0826. The number of anilines is 1. The molecule has 1 unspecified atom stereocenters. The van der Waals surface area contributed by atoms with Crippen molar-refractivity contribution in [1.82, 2.24) is 4.90 Å². The number of aliphatic hydroxyl groups is 1. The minimum Gasteiger partial charge on any atom is -0.390 e. The van der Waals surface area contributed by atoms with E-state index in [1.807, 2.05) is 24.0 Å². The number of benzene rings is 1. The van der Waals surface area contributed by atoms with Crippen molar-refractivity contribution in [2.45, 2.75) is 38.2 Å². The van der Waals surface area contributed by atoms with Crippen LogP contribution in [0.25, 0.3) is 0 Å². The number of hydrogen-bond acceptors (Lipinski definition) is 3. The quantitative estimate of drug-likeness (QED) is 0.824. The normalized spacial score (nSPS) is 25.8. The zero-order valence-electron chi connectivity index (χ0n) is 12.0. The molecular formula is C16H22N2O2. The Balaban J connectivity index is 1.75. The molecular weight excluding hydrogens is 252 g/mol. The molecule has 1 fully saturated rings. The number of rotatable bonds is 1. The molecule has 0 bridgehead atoms. The highest BCUT2D eigenvalue weighted by molar-refractivity contribution is 5.95. The Kier molecular flexibility index (Phi) is 3.42. The van der Waals surface area contributed by atoms with Crippen molar-refractivity contribution in [2.24, 2.45) is 0 Å². The minimum atomic E-state index is -0.630. The zero-order chi connectivity index (χ0) is 14.2. The van der Waals surface area contributed by atoms with E-state index in [0.717, 1.165) is 43.6 Å². The summed E-state index contributed by atoms with van der Waals surface area (Å²) in [6.45, 7) is 4.19. The first-order valence-electron chi connectivity index (χ1n) is 7.44. The van der Waals surface area contributed by atoms with Crippen molar-refractivity contribution in [3.05, 3.63) is 29.3 Å². The van der Waals surface area contributed by atoms with E-state index in [1.165, 1.54) is 5.56 Å². The number of nitrogens with zero attached hydrogens (tertiary/aromatic N) is 1. The summed E-state index contributed by atoms with van der Waals surface area (Å²) in [6, 6.07) is 5.95. The molecule has 4 heteroatoms. The summed E-state index contributed by atoms with van der Waals surface area (Å²) >= 11 is 0. The van der Waals surface area contributed by atoms with Gasteiger partial charge in [-0.1, -0.05) is 6.07 Å². The summed E-state index contributed by atoms with van der Waals surface area (Å²) in [5.41, 5.74) is 2.51. The lowest BCUT2D eigenvalue weighted by atomic mass is 9.98.